The number of anilines is 1. The average Bonchev–Trinajstić information content (AvgIpc) is 2.29. The van der Waals surface area contributed by atoms with Crippen LogP contribution in [0.15, 0.2) is 24.3 Å². The lowest BCUT2D eigenvalue weighted by Crippen LogP contribution is -2.15. The van der Waals surface area contributed by atoms with Crippen molar-refractivity contribution in [3.63, 3.8) is 0 Å². The molecule has 0 aromatic heterocycles. The van der Waals surface area contributed by atoms with Crippen LogP contribution in [0.1, 0.15) is 20.3 Å². The van der Waals surface area contributed by atoms with Gasteiger partial charge in [-0.25, -0.2) is 0 Å². The Bertz CT molecular complexity index is 284. The Morgan fingerprint density at radius 3 is 2.56 bits per heavy atom. The zero-order valence-electron chi connectivity index (χ0n) is 10.2. The predicted molar refractivity (Wildman–Crippen MR) is 68.9 cm³/mol. The maximum Gasteiger partial charge on any atom is 0.119 e. The zero-order valence-corrected chi connectivity index (χ0v) is 10.2. The third-order valence-electron chi connectivity index (χ3n) is 2.48. The molecule has 0 aliphatic carbocycles. The molecule has 0 saturated heterocycles. The smallest absolute Gasteiger partial charge is 0.119 e. The van der Waals surface area contributed by atoms with Crippen LogP contribution in [0.3, 0.4) is 0 Å². The van der Waals surface area contributed by atoms with Crippen molar-refractivity contribution in [3.05, 3.63) is 24.3 Å². The van der Waals surface area contributed by atoms with E-state index in [1.54, 1.807) is 0 Å². The summed E-state index contributed by atoms with van der Waals surface area (Å²) in [6.45, 7) is 6.62. The lowest BCUT2D eigenvalue weighted by Gasteiger charge is -2.12. The topological polar surface area (TPSA) is 47.3 Å². The summed E-state index contributed by atoms with van der Waals surface area (Å²) < 4.78 is 5.38. The number of benzene rings is 1. The molecule has 3 N–H and O–H groups in total. The van der Waals surface area contributed by atoms with E-state index in [0.29, 0.717) is 12.5 Å². The van der Waals surface area contributed by atoms with Crippen LogP contribution >= 0.6 is 0 Å². The van der Waals surface area contributed by atoms with Gasteiger partial charge in [-0.3, -0.25) is 0 Å². The summed E-state index contributed by atoms with van der Waals surface area (Å²) in [5.41, 5.74) is 6.64. The van der Waals surface area contributed by atoms with Crippen molar-refractivity contribution >= 4 is 5.69 Å². The van der Waals surface area contributed by atoms with E-state index in [9.17, 15) is 0 Å². The standard InChI is InChI=1S/C13H22N2O/c1-3-16-13-6-4-12(5-7-13)15-10-11(2)8-9-14/h4-7,11,15H,3,8-10,14H2,1-2H3. The fraction of sp³-hybridized carbons (Fsp3) is 0.538. The molecule has 3 heteroatoms. The van der Waals surface area contributed by atoms with Crippen molar-refractivity contribution in [2.45, 2.75) is 20.3 Å². The van der Waals surface area contributed by atoms with Gasteiger partial charge in [0.05, 0.1) is 6.61 Å². The molecule has 0 fully saturated rings. The highest BCUT2D eigenvalue weighted by Crippen LogP contribution is 2.16. The van der Waals surface area contributed by atoms with Crippen molar-refractivity contribution in [2.75, 3.05) is 25.0 Å². The normalized spacial score (nSPS) is 12.2. The number of rotatable bonds is 7. The summed E-state index contributed by atoms with van der Waals surface area (Å²) in [6, 6.07) is 8.05. The third-order valence-corrected chi connectivity index (χ3v) is 2.48. The second kappa shape index (κ2) is 7.12. The van der Waals surface area contributed by atoms with Gasteiger partial charge in [0.1, 0.15) is 5.75 Å². The van der Waals surface area contributed by atoms with Crippen LogP contribution in [0.4, 0.5) is 5.69 Å². The van der Waals surface area contributed by atoms with Gasteiger partial charge in [-0.1, -0.05) is 6.92 Å². The first kappa shape index (κ1) is 12.8. The zero-order chi connectivity index (χ0) is 11.8. The minimum atomic E-state index is 0.608. The van der Waals surface area contributed by atoms with E-state index >= 15 is 0 Å². The molecule has 1 atom stereocenters. The van der Waals surface area contributed by atoms with E-state index in [1.807, 2.05) is 31.2 Å². The van der Waals surface area contributed by atoms with Gasteiger partial charge >= 0.3 is 0 Å². The quantitative estimate of drug-likeness (QED) is 0.745. The second-order valence-electron chi connectivity index (χ2n) is 4.02. The number of ether oxygens (including phenoxy) is 1. The maximum atomic E-state index is 5.51. The molecule has 0 aliphatic rings. The highest BCUT2D eigenvalue weighted by atomic mass is 16.5. The summed E-state index contributed by atoms with van der Waals surface area (Å²) in [7, 11) is 0. The minimum Gasteiger partial charge on any atom is -0.494 e. The molecule has 1 unspecified atom stereocenters. The molecule has 0 aliphatic heterocycles. The fourth-order valence-electron chi connectivity index (χ4n) is 1.51. The van der Waals surface area contributed by atoms with Crippen molar-refractivity contribution in [3.8, 4) is 5.75 Å². The van der Waals surface area contributed by atoms with Crippen molar-refractivity contribution in [1.82, 2.24) is 0 Å². The van der Waals surface area contributed by atoms with Gasteiger partial charge in [0, 0.05) is 12.2 Å². The molecule has 1 rings (SSSR count). The van der Waals surface area contributed by atoms with E-state index in [2.05, 4.69) is 12.2 Å². The van der Waals surface area contributed by atoms with Crippen LogP contribution in [0.25, 0.3) is 0 Å². The summed E-state index contributed by atoms with van der Waals surface area (Å²) in [6.07, 6.45) is 1.06. The third kappa shape index (κ3) is 4.53. The number of hydrogen-bond acceptors (Lipinski definition) is 3. The van der Waals surface area contributed by atoms with Gasteiger partial charge in [-0.2, -0.15) is 0 Å². The van der Waals surface area contributed by atoms with Crippen LogP contribution in [0, 0.1) is 5.92 Å². The Balaban J connectivity index is 2.37. The van der Waals surface area contributed by atoms with E-state index in [0.717, 1.165) is 30.9 Å². The summed E-state index contributed by atoms with van der Waals surface area (Å²) >= 11 is 0. The maximum absolute atomic E-state index is 5.51. The monoisotopic (exact) mass is 222 g/mol. The Morgan fingerprint density at radius 1 is 1.31 bits per heavy atom. The molecule has 0 radical (unpaired) electrons. The molecular formula is C13H22N2O. The highest BCUT2D eigenvalue weighted by molar-refractivity contribution is 5.46. The van der Waals surface area contributed by atoms with Crippen LogP contribution in [-0.2, 0) is 0 Å². The Hall–Kier alpha value is -1.22. The van der Waals surface area contributed by atoms with Crippen LogP contribution in [0.2, 0.25) is 0 Å². The van der Waals surface area contributed by atoms with Crippen LogP contribution < -0.4 is 15.8 Å². The summed E-state index contributed by atoms with van der Waals surface area (Å²) in [5.74, 6) is 1.53. The van der Waals surface area contributed by atoms with Crippen molar-refractivity contribution < 1.29 is 4.74 Å². The molecule has 0 saturated carbocycles. The Morgan fingerprint density at radius 2 is 2.00 bits per heavy atom. The molecule has 0 spiro atoms. The van der Waals surface area contributed by atoms with Crippen LogP contribution in [-0.4, -0.2) is 19.7 Å². The predicted octanol–water partition coefficient (Wildman–Crippen LogP) is 2.48. The lowest BCUT2D eigenvalue weighted by molar-refractivity contribution is 0.340. The molecule has 0 bridgehead atoms. The first-order valence-electron chi connectivity index (χ1n) is 5.93. The molecule has 0 amide bonds. The van der Waals surface area contributed by atoms with Crippen LogP contribution in [0.5, 0.6) is 5.75 Å². The molecule has 3 nitrogen and oxygen atoms in total. The highest BCUT2D eigenvalue weighted by Gasteiger charge is 2.00. The molecule has 1 aromatic rings. The molecular weight excluding hydrogens is 200 g/mol. The van der Waals surface area contributed by atoms with E-state index in [1.165, 1.54) is 0 Å². The minimum absolute atomic E-state index is 0.608. The number of nitrogens with one attached hydrogen (secondary N) is 1. The van der Waals surface area contributed by atoms with E-state index < -0.39 is 0 Å². The Labute approximate surface area is 98.0 Å². The van der Waals surface area contributed by atoms with Gasteiger partial charge in [0.15, 0.2) is 0 Å². The lowest BCUT2D eigenvalue weighted by atomic mass is 10.1. The van der Waals surface area contributed by atoms with Gasteiger partial charge in [-0.15, -0.1) is 0 Å². The molecule has 90 valence electrons. The number of nitrogens with two attached hydrogens (primary N) is 1. The first-order valence-corrected chi connectivity index (χ1v) is 5.93. The van der Waals surface area contributed by atoms with E-state index in [4.69, 9.17) is 10.5 Å². The van der Waals surface area contributed by atoms with Gasteiger partial charge in [0.2, 0.25) is 0 Å². The SMILES string of the molecule is CCOc1ccc(NCC(C)CCN)cc1. The summed E-state index contributed by atoms with van der Waals surface area (Å²) in [4.78, 5) is 0. The Kier molecular flexibility index (Phi) is 5.72. The molecule has 0 heterocycles. The largest absolute Gasteiger partial charge is 0.494 e. The van der Waals surface area contributed by atoms with Crippen molar-refractivity contribution in [2.24, 2.45) is 11.7 Å². The van der Waals surface area contributed by atoms with Crippen molar-refractivity contribution in [1.29, 1.82) is 0 Å². The summed E-state index contributed by atoms with van der Waals surface area (Å²) in [5, 5.41) is 3.39. The van der Waals surface area contributed by atoms with Gasteiger partial charge in [0.25, 0.3) is 0 Å². The fourth-order valence-corrected chi connectivity index (χ4v) is 1.51. The van der Waals surface area contributed by atoms with E-state index in [-0.39, 0.29) is 0 Å². The van der Waals surface area contributed by atoms with Gasteiger partial charge in [-0.05, 0) is 50.1 Å². The first-order chi connectivity index (χ1) is 7.76. The van der Waals surface area contributed by atoms with Gasteiger partial charge < -0.3 is 15.8 Å². The second-order valence-corrected chi connectivity index (χ2v) is 4.02. The molecule has 1 aromatic carbocycles. The average molecular weight is 222 g/mol. The number of hydrogen-bond donors (Lipinski definition) is 2. The molecule has 16 heavy (non-hydrogen) atoms.